The number of rotatable bonds is 3. The molecule has 0 amide bonds. The fourth-order valence-electron chi connectivity index (χ4n) is 3.75. The van der Waals surface area contributed by atoms with E-state index in [2.05, 4.69) is 4.98 Å². The largest absolute Gasteiger partial charge is 0.374 e. The molecule has 3 heteroatoms. The third-order valence-corrected chi connectivity index (χ3v) is 5.19. The average Bonchev–Trinajstić information content (AvgIpc) is 2.79. The molecule has 0 spiro atoms. The van der Waals surface area contributed by atoms with Crippen molar-refractivity contribution in [1.29, 1.82) is 0 Å². The lowest BCUT2D eigenvalue weighted by Gasteiger charge is -2.29. The van der Waals surface area contributed by atoms with Crippen molar-refractivity contribution in [2.45, 2.75) is 5.60 Å². The summed E-state index contributed by atoms with van der Waals surface area (Å²) in [5, 5.41) is 14.0. The van der Waals surface area contributed by atoms with Crippen LogP contribution in [0.2, 0.25) is 0 Å². The van der Waals surface area contributed by atoms with Gasteiger partial charge in [0.2, 0.25) is 0 Å². The van der Waals surface area contributed by atoms with E-state index in [1.54, 1.807) is 6.20 Å². The molecule has 0 unspecified atom stereocenters. The Morgan fingerprint density at radius 2 is 1.14 bits per heavy atom. The maximum absolute atomic E-state index is 12.0. The van der Waals surface area contributed by atoms with Gasteiger partial charge < -0.3 is 5.11 Å². The minimum atomic E-state index is -1.35. The van der Waals surface area contributed by atoms with E-state index < -0.39 is 5.60 Å². The summed E-state index contributed by atoms with van der Waals surface area (Å²) < 4.78 is 0. The first-order valence-corrected chi connectivity index (χ1v) is 9.25. The van der Waals surface area contributed by atoms with Crippen molar-refractivity contribution >= 4 is 21.8 Å². The lowest BCUT2D eigenvalue weighted by molar-refractivity contribution is 0.121. The Morgan fingerprint density at radius 3 is 1.79 bits per heavy atom. The van der Waals surface area contributed by atoms with Crippen LogP contribution in [0.3, 0.4) is 0 Å². The fourth-order valence-corrected chi connectivity index (χ4v) is 3.75. The van der Waals surface area contributed by atoms with Crippen molar-refractivity contribution in [3.63, 3.8) is 0 Å². The van der Waals surface area contributed by atoms with Gasteiger partial charge in [-0.2, -0.15) is 0 Å². The minimum Gasteiger partial charge on any atom is -0.374 e. The SMILES string of the molecule is OC(c1ccccc1)(c1ccccc1)c1ccc2ccc3cccnc3c2n1. The number of pyridine rings is 2. The van der Waals surface area contributed by atoms with Crippen LogP contribution in [0.4, 0.5) is 0 Å². The van der Waals surface area contributed by atoms with E-state index in [4.69, 9.17) is 4.98 Å². The highest BCUT2D eigenvalue weighted by molar-refractivity contribution is 6.02. The van der Waals surface area contributed by atoms with Gasteiger partial charge in [-0.25, -0.2) is 4.98 Å². The average molecular weight is 362 g/mol. The van der Waals surface area contributed by atoms with Crippen LogP contribution in [-0.4, -0.2) is 15.1 Å². The molecule has 1 N–H and O–H groups in total. The third-order valence-electron chi connectivity index (χ3n) is 5.19. The molecule has 28 heavy (non-hydrogen) atoms. The van der Waals surface area contributed by atoms with E-state index in [0.717, 1.165) is 32.9 Å². The molecular weight excluding hydrogens is 344 g/mol. The summed E-state index contributed by atoms with van der Waals surface area (Å²) >= 11 is 0. The molecule has 5 aromatic rings. The lowest BCUT2D eigenvalue weighted by Crippen LogP contribution is -2.30. The Balaban J connectivity index is 1.82. The highest BCUT2D eigenvalue weighted by Crippen LogP contribution is 2.36. The van der Waals surface area contributed by atoms with E-state index in [-0.39, 0.29) is 0 Å². The Hall–Kier alpha value is -3.56. The van der Waals surface area contributed by atoms with Crippen molar-refractivity contribution < 1.29 is 5.11 Å². The van der Waals surface area contributed by atoms with E-state index in [1.807, 2.05) is 97.1 Å². The normalized spacial score (nSPS) is 11.8. The Bertz CT molecular complexity index is 1230. The molecule has 0 aliphatic heterocycles. The van der Waals surface area contributed by atoms with Crippen LogP contribution in [0.1, 0.15) is 16.8 Å². The van der Waals surface area contributed by atoms with Crippen molar-refractivity contribution in [2.24, 2.45) is 0 Å². The van der Waals surface area contributed by atoms with Crippen LogP contribution in [0.5, 0.6) is 0 Å². The third kappa shape index (κ3) is 2.56. The Kier molecular flexibility index (Phi) is 3.89. The summed E-state index contributed by atoms with van der Waals surface area (Å²) in [5.74, 6) is 0. The van der Waals surface area contributed by atoms with Crippen molar-refractivity contribution in [3.8, 4) is 0 Å². The van der Waals surface area contributed by atoms with Gasteiger partial charge in [0.05, 0.1) is 16.7 Å². The van der Waals surface area contributed by atoms with Crippen LogP contribution >= 0.6 is 0 Å². The highest BCUT2D eigenvalue weighted by Gasteiger charge is 2.35. The zero-order chi connectivity index (χ0) is 19.0. The number of hydrogen-bond acceptors (Lipinski definition) is 3. The van der Waals surface area contributed by atoms with Crippen LogP contribution in [0.25, 0.3) is 21.8 Å². The molecule has 3 aromatic carbocycles. The van der Waals surface area contributed by atoms with Gasteiger partial charge in [0.1, 0.15) is 0 Å². The molecule has 0 radical (unpaired) electrons. The molecule has 3 nitrogen and oxygen atoms in total. The van der Waals surface area contributed by atoms with Crippen molar-refractivity contribution in [1.82, 2.24) is 9.97 Å². The topological polar surface area (TPSA) is 46.0 Å². The number of aromatic nitrogens is 2. The maximum Gasteiger partial charge on any atom is 0.157 e. The second-order valence-corrected chi connectivity index (χ2v) is 6.85. The number of hydrogen-bond donors (Lipinski definition) is 1. The number of nitrogens with zero attached hydrogens (tertiary/aromatic N) is 2. The zero-order valence-electron chi connectivity index (χ0n) is 15.2. The minimum absolute atomic E-state index is 0.579. The summed E-state index contributed by atoms with van der Waals surface area (Å²) in [6, 6.07) is 31.3. The van der Waals surface area contributed by atoms with Crippen LogP contribution < -0.4 is 0 Å². The summed E-state index contributed by atoms with van der Waals surface area (Å²) in [4.78, 5) is 9.45. The number of benzene rings is 3. The standard InChI is InChI=1S/C25H18N2O/c28-25(20-9-3-1-4-10-20,21-11-5-2-6-12-21)22-16-15-19-14-13-18-8-7-17-26-23(18)24(19)27-22/h1-17,28H. The first-order valence-electron chi connectivity index (χ1n) is 9.25. The Morgan fingerprint density at radius 1 is 0.571 bits per heavy atom. The molecule has 5 rings (SSSR count). The molecule has 0 aliphatic rings. The van der Waals surface area contributed by atoms with Crippen LogP contribution in [-0.2, 0) is 5.60 Å². The van der Waals surface area contributed by atoms with Gasteiger partial charge in [0.15, 0.2) is 5.60 Å². The Labute approximate surface area is 163 Å². The fraction of sp³-hybridized carbons (Fsp3) is 0.0400. The van der Waals surface area contributed by atoms with Gasteiger partial charge in [-0.05, 0) is 23.3 Å². The van der Waals surface area contributed by atoms with E-state index >= 15 is 0 Å². The van der Waals surface area contributed by atoms with E-state index in [0.29, 0.717) is 5.69 Å². The lowest BCUT2D eigenvalue weighted by atomic mass is 9.83. The molecule has 0 aliphatic carbocycles. The highest BCUT2D eigenvalue weighted by atomic mass is 16.3. The summed E-state index contributed by atoms with van der Waals surface area (Å²) in [7, 11) is 0. The van der Waals surface area contributed by atoms with Gasteiger partial charge in [-0.3, -0.25) is 4.98 Å². The number of fused-ring (bicyclic) bond motifs is 3. The molecule has 2 aromatic heterocycles. The van der Waals surface area contributed by atoms with Crippen molar-refractivity contribution in [3.05, 3.63) is 120 Å². The predicted octanol–water partition coefficient (Wildman–Crippen LogP) is 5.07. The molecule has 0 saturated heterocycles. The second-order valence-electron chi connectivity index (χ2n) is 6.85. The monoisotopic (exact) mass is 362 g/mol. The molecule has 2 heterocycles. The van der Waals surface area contributed by atoms with Crippen molar-refractivity contribution in [2.75, 3.05) is 0 Å². The first kappa shape index (κ1) is 16.6. The first-order chi connectivity index (χ1) is 13.8. The second kappa shape index (κ2) is 6.55. The van der Waals surface area contributed by atoms with Gasteiger partial charge in [-0.15, -0.1) is 0 Å². The van der Waals surface area contributed by atoms with Gasteiger partial charge in [0.25, 0.3) is 0 Å². The van der Waals surface area contributed by atoms with Crippen LogP contribution in [0, 0.1) is 0 Å². The summed E-state index contributed by atoms with van der Waals surface area (Å²) in [6.07, 6.45) is 1.77. The predicted molar refractivity (Wildman–Crippen MR) is 112 cm³/mol. The number of aliphatic hydroxyl groups is 1. The van der Waals surface area contributed by atoms with Crippen LogP contribution in [0.15, 0.2) is 103 Å². The smallest absolute Gasteiger partial charge is 0.157 e. The van der Waals surface area contributed by atoms with Gasteiger partial charge >= 0.3 is 0 Å². The summed E-state index contributed by atoms with van der Waals surface area (Å²) in [6.45, 7) is 0. The quantitative estimate of drug-likeness (QED) is 0.456. The zero-order valence-corrected chi connectivity index (χ0v) is 15.2. The molecule has 0 atom stereocenters. The van der Waals surface area contributed by atoms with E-state index in [9.17, 15) is 5.11 Å². The molecule has 0 saturated carbocycles. The van der Waals surface area contributed by atoms with E-state index in [1.165, 1.54) is 0 Å². The van der Waals surface area contributed by atoms with Gasteiger partial charge in [0, 0.05) is 17.0 Å². The molecule has 0 bridgehead atoms. The molecule has 0 fully saturated rings. The molecule has 134 valence electrons. The maximum atomic E-state index is 12.0. The molecular formula is C25H18N2O. The summed E-state index contributed by atoms with van der Waals surface area (Å²) in [5.41, 5.74) is 2.41. The van der Waals surface area contributed by atoms with Gasteiger partial charge in [-0.1, -0.05) is 84.9 Å².